The fourth-order valence-corrected chi connectivity index (χ4v) is 2.51. The lowest BCUT2D eigenvalue weighted by Gasteiger charge is -2.15. The first-order valence-corrected chi connectivity index (χ1v) is 6.63. The van der Waals surface area contributed by atoms with E-state index in [1.165, 1.54) is 16.9 Å². The molecule has 0 aliphatic carbocycles. The van der Waals surface area contributed by atoms with E-state index in [1.807, 2.05) is 25.2 Å². The fraction of sp³-hybridized carbons (Fsp3) is 0.273. The highest BCUT2D eigenvalue weighted by Gasteiger charge is 2.08. The van der Waals surface area contributed by atoms with Crippen molar-refractivity contribution in [3.05, 3.63) is 33.7 Å². The zero-order valence-electron chi connectivity index (χ0n) is 9.55. The SMILES string of the molecule is COc1cccc(CN(C)c2nnc(Br)s2)c1. The molecule has 2 rings (SSSR count). The summed E-state index contributed by atoms with van der Waals surface area (Å²) in [6.07, 6.45) is 0. The van der Waals surface area contributed by atoms with Crippen molar-refractivity contribution in [3.63, 3.8) is 0 Å². The molecule has 17 heavy (non-hydrogen) atoms. The van der Waals surface area contributed by atoms with Crippen LogP contribution < -0.4 is 9.64 Å². The monoisotopic (exact) mass is 313 g/mol. The maximum atomic E-state index is 5.19. The molecule has 0 saturated carbocycles. The van der Waals surface area contributed by atoms with Gasteiger partial charge in [-0.2, -0.15) is 0 Å². The fourth-order valence-electron chi connectivity index (χ4n) is 1.46. The molecular formula is C11H12BrN3OS. The van der Waals surface area contributed by atoms with Gasteiger partial charge in [-0.1, -0.05) is 23.5 Å². The Labute approximate surface area is 112 Å². The molecule has 1 aromatic carbocycles. The topological polar surface area (TPSA) is 38.2 Å². The Morgan fingerprint density at radius 1 is 1.41 bits per heavy atom. The summed E-state index contributed by atoms with van der Waals surface area (Å²) in [5, 5.41) is 8.89. The number of methoxy groups -OCH3 is 1. The molecule has 0 bridgehead atoms. The van der Waals surface area contributed by atoms with Crippen molar-refractivity contribution in [3.8, 4) is 5.75 Å². The van der Waals surface area contributed by atoms with E-state index in [1.54, 1.807) is 7.11 Å². The van der Waals surface area contributed by atoms with E-state index in [4.69, 9.17) is 4.74 Å². The second kappa shape index (κ2) is 5.46. The molecule has 0 amide bonds. The number of halogens is 1. The molecule has 1 aromatic heterocycles. The Morgan fingerprint density at radius 2 is 2.24 bits per heavy atom. The molecular weight excluding hydrogens is 302 g/mol. The molecule has 2 aromatic rings. The molecule has 0 N–H and O–H groups in total. The zero-order valence-corrected chi connectivity index (χ0v) is 12.0. The summed E-state index contributed by atoms with van der Waals surface area (Å²) in [5.74, 6) is 0.870. The van der Waals surface area contributed by atoms with Gasteiger partial charge in [0.05, 0.1) is 7.11 Å². The minimum Gasteiger partial charge on any atom is -0.497 e. The number of hydrogen-bond acceptors (Lipinski definition) is 5. The highest BCUT2D eigenvalue weighted by atomic mass is 79.9. The van der Waals surface area contributed by atoms with Crippen molar-refractivity contribution >= 4 is 32.4 Å². The van der Waals surface area contributed by atoms with Crippen molar-refractivity contribution in [1.82, 2.24) is 10.2 Å². The summed E-state index contributed by atoms with van der Waals surface area (Å²) in [5.41, 5.74) is 1.18. The van der Waals surface area contributed by atoms with E-state index >= 15 is 0 Å². The van der Waals surface area contributed by atoms with Crippen LogP contribution >= 0.6 is 27.3 Å². The largest absolute Gasteiger partial charge is 0.497 e. The number of aromatic nitrogens is 2. The summed E-state index contributed by atoms with van der Waals surface area (Å²) in [6, 6.07) is 8.00. The first-order chi connectivity index (χ1) is 8.19. The van der Waals surface area contributed by atoms with Crippen LogP contribution in [0.3, 0.4) is 0 Å². The summed E-state index contributed by atoms with van der Waals surface area (Å²) in [4.78, 5) is 2.05. The third-order valence-corrected chi connectivity index (χ3v) is 3.74. The predicted molar refractivity (Wildman–Crippen MR) is 72.7 cm³/mol. The molecule has 1 heterocycles. The van der Waals surface area contributed by atoms with E-state index in [0.29, 0.717) is 0 Å². The van der Waals surface area contributed by atoms with Gasteiger partial charge in [-0.05, 0) is 33.6 Å². The van der Waals surface area contributed by atoms with Crippen molar-refractivity contribution in [2.45, 2.75) is 6.54 Å². The van der Waals surface area contributed by atoms with Crippen LogP contribution in [0.15, 0.2) is 28.2 Å². The minimum atomic E-state index is 0.777. The Morgan fingerprint density at radius 3 is 2.88 bits per heavy atom. The second-order valence-electron chi connectivity index (χ2n) is 3.55. The van der Waals surface area contributed by atoms with Crippen LogP contribution in [0.2, 0.25) is 0 Å². The van der Waals surface area contributed by atoms with Gasteiger partial charge < -0.3 is 9.64 Å². The quantitative estimate of drug-likeness (QED) is 0.870. The molecule has 0 fully saturated rings. The van der Waals surface area contributed by atoms with Crippen LogP contribution in [0.5, 0.6) is 5.75 Å². The van der Waals surface area contributed by atoms with E-state index in [9.17, 15) is 0 Å². The number of hydrogen-bond donors (Lipinski definition) is 0. The average Bonchev–Trinajstić information content (AvgIpc) is 2.76. The van der Waals surface area contributed by atoms with Gasteiger partial charge in [0.15, 0.2) is 3.92 Å². The lowest BCUT2D eigenvalue weighted by Crippen LogP contribution is -2.16. The van der Waals surface area contributed by atoms with Gasteiger partial charge in [-0.15, -0.1) is 10.2 Å². The van der Waals surface area contributed by atoms with Gasteiger partial charge in [-0.25, -0.2) is 0 Å². The van der Waals surface area contributed by atoms with Gasteiger partial charge in [0.2, 0.25) is 5.13 Å². The number of nitrogens with zero attached hydrogens (tertiary/aromatic N) is 3. The highest BCUT2D eigenvalue weighted by molar-refractivity contribution is 9.11. The molecule has 0 aliphatic heterocycles. The van der Waals surface area contributed by atoms with Crippen LogP contribution in [0.1, 0.15) is 5.56 Å². The van der Waals surface area contributed by atoms with Gasteiger partial charge in [0, 0.05) is 13.6 Å². The van der Waals surface area contributed by atoms with Gasteiger partial charge >= 0.3 is 0 Å². The molecule has 0 radical (unpaired) electrons. The maximum absolute atomic E-state index is 5.19. The van der Waals surface area contributed by atoms with Crippen LogP contribution in [0.25, 0.3) is 0 Å². The molecule has 0 unspecified atom stereocenters. The Kier molecular flexibility index (Phi) is 3.96. The van der Waals surface area contributed by atoms with E-state index < -0.39 is 0 Å². The number of anilines is 1. The Bertz CT molecular complexity index is 503. The van der Waals surface area contributed by atoms with Gasteiger partial charge in [-0.3, -0.25) is 0 Å². The smallest absolute Gasteiger partial charge is 0.209 e. The average molecular weight is 314 g/mol. The number of benzene rings is 1. The lowest BCUT2D eigenvalue weighted by atomic mass is 10.2. The normalized spacial score (nSPS) is 10.3. The van der Waals surface area contributed by atoms with Crippen molar-refractivity contribution in [2.24, 2.45) is 0 Å². The zero-order chi connectivity index (χ0) is 12.3. The molecule has 90 valence electrons. The van der Waals surface area contributed by atoms with Crippen LogP contribution in [0, 0.1) is 0 Å². The Hall–Kier alpha value is -1.14. The first-order valence-electron chi connectivity index (χ1n) is 5.02. The van der Waals surface area contributed by atoms with Gasteiger partial charge in [0.25, 0.3) is 0 Å². The Balaban J connectivity index is 2.09. The highest BCUT2D eigenvalue weighted by Crippen LogP contribution is 2.24. The summed E-state index contributed by atoms with van der Waals surface area (Å²) in [6.45, 7) is 0.777. The second-order valence-corrected chi connectivity index (χ2v) is 5.78. The lowest BCUT2D eigenvalue weighted by molar-refractivity contribution is 0.414. The van der Waals surface area contributed by atoms with Crippen LogP contribution in [0.4, 0.5) is 5.13 Å². The molecule has 0 aliphatic rings. The van der Waals surface area contributed by atoms with E-state index in [-0.39, 0.29) is 0 Å². The standard InChI is InChI=1S/C11H12BrN3OS/c1-15(11-14-13-10(12)17-11)7-8-4-3-5-9(6-8)16-2/h3-6H,7H2,1-2H3. The molecule has 6 heteroatoms. The van der Waals surface area contributed by atoms with Gasteiger partial charge in [0.1, 0.15) is 5.75 Å². The molecule has 0 saturated heterocycles. The molecule has 4 nitrogen and oxygen atoms in total. The van der Waals surface area contributed by atoms with Crippen molar-refractivity contribution in [1.29, 1.82) is 0 Å². The molecule has 0 spiro atoms. The maximum Gasteiger partial charge on any atom is 0.209 e. The summed E-state index contributed by atoms with van der Waals surface area (Å²) in [7, 11) is 3.66. The number of ether oxygens (including phenoxy) is 1. The third kappa shape index (κ3) is 3.17. The minimum absolute atomic E-state index is 0.777. The van der Waals surface area contributed by atoms with Crippen molar-refractivity contribution < 1.29 is 4.74 Å². The molecule has 0 atom stereocenters. The van der Waals surface area contributed by atoms with Crippen LogP contribution in [-0.2, 0) is 6.54 Å². The summed E-state index contributed by atoms with van der Waals surface area (Å²) >= 11 is 4.82. The van der Waals surface area contributed by atoms with E-state index in [0.717, 1.165) is 21.3 Å². The number of rotatable bonds is 4. The first kappa shape index (κ1) is 12.3. The third-order valence-electron chi connectivity index (χ3n) is 2.27. The van der Waals surface area contributed by atoms with Crippen molar-refractivity contribution in [2.75, 3.05) is 19.1 Å². The van der Waals surface area contributed by atoms with E-state index in [2.05, 4.69) is 37.1 Å². The van der Waals surface area contributed by atoms with Crippen LogP contribution in [-0.4, -0.2) is 24.4 Å². The predicted octanol–water partition coefficient (Wildman–Crippen LogP) is 2.95. The summed E-state index contributed by atoms with van der Waals surface area (Å²) < 4.78 is 5.99.